The summed E-state index contributed by atoms with van der Waals surface area (Å²) in [5.41, 5.74) is 0.512. The van der Waals surface area contributed by atoms with E-state index in [1.807, 2.05) is 11.8 Å². The van der Waals surface area contributed by atoms with Gasteiger partial charge in [-0.15, -0.1) is 0 Å². The van der Waals surface area contributed by atoms with Crippen LogP contribution in [0.25, 0.3) is 0 Å². The molecule has 0 aliphatic carbocycles. The first-order valence-electron chi connectivity index (χ1n) is 8.61. The van der Waals surface area contributed by atoms with E-state index in [1.165, 1.54) is 12.1 Å². The Labute approximate surface area is 155 Å². The molecule has 1 N–H and O–H groups in total. The molecule has 1 aliphatic rings. The van der Waals surface area contributed by atoms with E-state index in [1.54, 1.807) is 6.07 Å². The molecule has 0 bridgehead atoms. The number of sulfone groups is 2. The maximum absolute atomic E-state index is 12.2. The van der Waals surface area contributed by atoms with E-state index < -0.39 is 19.7 Å². The van der Waals surface area contributed by atoms with Crippen LogP contribution >= 0.6 is 0 Å². The monoisotopic (exact) mass is 402 g/mol. The summed E-state index contributed by atoms with van der Waals surface area (Å²) < 4.78 is 47.9. The fraction of sp³-hybridized carbons (Fsp3) is 0.588. The summed E-state index contributed by atoms with van der Waals surface area (Å²) in [6.45, 7) is 3.14. The van der Waals surface area contributed by atoms with Gasteiger partial charge < -0.3 is 10.2 Å². The SMILES string of the molecule is CCCC(=O)NC1CCN(c2ccc(S(C)(=O)=O)cc2S(C)(=O)=O)CC1. The topological polar surface area (TPSA) is 101 Å². The van der Waals surface area contributed by atoms with Crippen molar-refractivity contribution in [2.45, 2.75) is 48.4 Å². The molecule has 2 rings (SSSR count). The van der Waals surface area contributed by atoms with Crippen molar-refractivity contribution in [3.8, 4) is 0 Å². The van der Waals surface area contributed by atoms with Crippen LogP contribution in [0.15, 0.2) is 28.0 Å². The van der Waals surface area contributed by atoms with E-state index >= 15 is 0 Å². The van der Waals surface area contributed by atoms with E-state index in [4.69, 9.17) is 0 Å². The number of carbonyl (C=O) groups is 1. The van der Waals surface area contributed by atoms with Gasteiger partial charge in [0.25, 0.3) is 0 Å². The van der Waals surface area contributed by atoms with Crippen LogP contribution in [0.4, 0.5) is 5.69 Å². The van der Waals surface area contributed by atoms with Crippen LogP contribution in [0, 0.1) is 0 Å². The van der Waals surface area contributed by atoms with Crippen LogP contribution in [-0.4, -0.2) is 54.4 Å². The van der Waals surface area contributed by atoms with Crippen molar-refractivity contribution in [3.63, 3.8) is 0 Å². The number of hydrogen-bond donors (Lipinski definition) is 1. The lowest BCUT2D eigenvalue weighted by atomic mass is 10.0. The first kappa shape index (κ1) is 20.7. The minimum absolute atomic E-state index is 0.0108. The van der Waals surface area contributed by atoms with Crippen molar-refractivity contribution in [1.29, 1.82) is 0 Å². The maximum atomic E-state index is 12.2. The summed E-state index contributed by atoms with van der Waals surface area (Å²) in [5.74, 6) is 0.0419. The van der Waals surface area contributed by atoms with Crippen molar-refractivity contribution in [3.05, 3.63) is 18.2 Å². The molecule has 1 aliphatic heterocycles. The van der Waals surface area contributed by atoms with Gasteiger partial charge in [-0.3, -0.25) is 4.79 Å². The number of nitrogens with zero attached hydrogens (tertiary/aromatic N) is 1. The van der Waals surface area contributed by atoms with Crippen LogP contribution in [0.5, 0.6) is 0 Å². The zero-order valence-electron chi connectivity index (χ0n) is 15.4. The van der Waals surface area contributed by atoms with Gasteiger partial charge in [0.05, 0.1) is 15.5 Å². The summed E-state index contributed by atoms with van der Waals surface area (Å²) in [7, 11) is -7.07. The molecule has 26 heavy (non-hydrogen) atoms. The van der Waals surface area contributed by atoms with Crippen LogP contribution in [0.3, 0.4) is 0 Å². The molecule has 1 amide bonds. The summed E-state index contributed by atoms with van der Waals surface area (Å²) in [5, 5.41) is 3.00. The van der Waals surface area contributed by atoms with Crippen LogP contribution in [-0.2, 0) is 24.5 Å². The minimum Gasteiger partial charge on any atom is -0.370 e. The Hall–Kier alpha value is -1.61. The Balaban J connectivity index is 2.21. The van der Waals surface area contributed by atoms with Gasteiger partial charge >= 0.3 is 0 Å². The van der Waals surface area contributed by atoms with Gasteiger partial charge in [0.1, 0.15) is 0 Å². The second kappa shape index (κ2) is 7.96. The number of hydrogen-bond acceptors (Lipinski definition) is 6. The number of carbonyl (C=O) groups excluding carboxylic acids is 1. The molecular weight excluding hydrogens is 376 g/mol. The highest BCUT2D eigenvalue weighted by molar-refractivity contribution is 7.91. The third-order valence-corrected chi connectivity index (χ3v) is 6.67. The van der Waals surface area contributed by atoms with Crippen LogP contribution in [0.2, 0.25) is 0 Å². The number of anilines is 1. The standard InChI is InChI=1S/C17H26N2O5S2/c1-4-5-17(20)18-13-8-10-19(11-9-13)15-7-6-14(25(2,21)22)12-16(15)26(3,23)24/h6-7,12-13H,4-5,8-11H2,1-3H3,(H,18,20). The molecule has 0 saturated carbocycles. The highest BCUT2D eigenvalue weighted by Gasteiger charge is 2.25. The maximum Gasteiger partial charge on any atom is 0.220 e. The molecule has 9 heteroatoms. The largest absolute Gasteiger partial charge is 0.370 e. The van der Waals surface area contributed by atoms with Crippen molar-refractivity contribution >= 4 is 31.3 Å². The average Bonchev–Trinajstić information content (AvgIpc) is 2.53. The predicted octanol–water partition coefficient (Wildman–Crippen LogP) is 1.38. The second-order valence-corrected chi connectivity index (χ2v) is 10.8. The molecule has 1 heterocycles. The molecule has 0 atom stereocenters. The van der Waals surface area contributed by atoms with E-state index in [-0.39, 0.29) is 21.7 Å². The zero-order chi connectivity index (χ0) is 19.5. The first-order valence-corrected chi connectivity index (χ1v) is 12.4. The molecule has 0 unspecified atom stereocenters. The lowest BCUT2D eigenvalue weighted by Crippen LogP contribution is -2.45. The lowest BCUT2D eigenvalue weighted by Gasteiger charge is -2.35. The summed E-state index contributed by atoms with van der Waals surface area (Å²) >= 11 is 0. The van der Waals surface area contributed by atoms with Crippen molar-refractivity contribution in [1.82, 2.24) is 5.32 Å². The fourth-order valence-corrected chi connectivity index (χ4v) is 4.71. The summed E-state index contributed by atoms with van der Waals surface area (Å²) in [4.78, 5) is 13.7. The summed E-state index contributed by atoms with van der Waals surface area (Å²) in [6, 6.07) is 4.31. The van der Waals surface area contributed by atoms with Gasteiger partial charge in [-0.05, 0) is 37.5 Å². The first-order chi connectivity index (χ1) is 12.0. The van der Waals surface area contributed by atoms with Gasteiger partial charge in [-0.2, -0.15) is 0 Å². The number of benzene rings is 1. The fourth-order valence-electron chi connectivity index (χ4n) is 3.07. The summed E-state index contributed by atoms with van der Waals surface area (Å²) in [6.07, 6.45) is 4.87. The number of piperidine rings is 1. The van der Waals surface area contributed by atoms with Gasteiger partial charge in [0.2, 0.25) is 5.91 Å². The predicted molar refractivity (Wildman–Crippen MR) is 101 cm³/mol. The molecule has 146 valence electrons. The molecule has 0 aromatic heterocycles. The number of nitrogens with one attached hydrogen (secondary N) is 1. The smallest absolute Gasteiger partial charge is 0.220 e. The minimum atomic E-state index is -3.58. The molecular formula is C17H26N2O5S2. The highest BCUT2D eigenvalue weighted by atomic mass is 32.2. The normalized spacial score (nSPS) is 16.5. The van der Waals surface area contributed by atoms with Crippen molar-refractivity contribution in [2.24, 2.45) is 0 Å². The second-order valence-electron chi connectivity index (χ2n) is 6.75. The van der Waals surface area contributed by atoms with E-state index in [2.05, 4.69) is 5.32 Å². The van der Waals surface area contributed by atoms with Crippen LogP contribution in [0.1, 0.15) is 32.6 Å². The third kappa shape index (κ3) is 5.20. The lowest BCUT2D eigenvalue weighted by molar-refractivity contribution is -0.121. The Morgan fingerprint density at radius 3 is 2.23 bits per heavy atom. The molecule has 1 saturated heterocycles. The number of rotatable bonds is 6. The highest BCUT2D eigenvalue weighted by Crippen LogP contribution is 2.30. The third-order valence-electron chi connectivity index (χ3n) is 4.44. The Bertz CT molecular complexity index is 870. The molecule has 1 fully saturated rings. The van der Waals surface area contributed by atoms with Gasteiger partial charge in [-0.25, -0.2) is 16.8 Å². The van der Waals surface area contributed by atoms with E-state index in [0.717, 1.165) is 18.9 Å². The quantitative estimate of drug-likeness (QED) is 0.771. The Kier molecular flexibility index (Phi) is 6.33. The number of amides is 1. The molecule has 0 radical (unpaired) electrons. The zero-order valence-corrected chi connectivity index (χ0v) is 17.0. The van der Waals surface area contributed by atoms with Gasteiger partial charge in [0, 0.05) is 38.1 Å². The molecule has 1 aromatic carbocycles. The van der Waals surface area contributed by atoms with Crippen molar-refractivity contribution < 1.29 is 21.6 Å². The molecule has 0 spiro atoms. The Morgan fingerprint density at radius 2 is 1.73 bits per heavy atom. The van der Waals surface area contributed by atoms with E-state index in [0.29, 0.717) is 38.0 Å². The molecule has 1 aromatic rings. The van der Waals surface area contributed by atoms with Crippen LogP contribution < -0.4 is 10.2 Å². The van der Waals surface area contributed by atoms with Gasteiger partial charge in [-0.1, -0.05) is 6.92 Å². The average molecular weight is 403 g/mol. The Morgan fingerprint density at radius 1 is 1.12 bits per heavy atom. The van der Waals surface area contributed by atoms with E-state index in [9.17, 15) is 21.6 Å². The molecule has 7 nitrogen and oxygen atoms in total. The van der Waals surface area contributed by atoms with Crippen molar-refractivity contribution in [2.75, 3.05) is 30.5 Å². The van der Waals surface area contributed by atoms with Gasteiger partial charge in [0.15, 0.2) is 19.7 Å².